The molecule has 0 bridgehead atoms. The van der Waals surface area contributed by atoms with Crippen LogP contribution in [0.4, 0.5) is 5.69 Å². The third-order valence-electron chi connectivity index (χ3n) is 4.22. The average Bonchev–Trinajstić information content (AvgIpc) is 3.13. The average molecular weight is 321 g/mol. The number of ether oxygens (including phenoxy) is 2. The van der Waals surface area contributed by atoms with E-state index in [-0.39, 0.29) is 12.7 Å². The lowest BCUT2D eigenvalue weighted by molar-refractivity contribution is -0.113. The van der Waals surface area contributed by atoms with Crippen molar-refractivity contribution in [1.82, 2.24) is 0 Å². The lowest BCUT2D eigenvalue weighted by atomic mass is 10.0. The summed E-state index contributed by atoms with van der Waals surface area (Å²) in [5.41, 5.74) is 3.64. The summed E-state index contributed by atoms with van der Waals surface area (Å²) in [7, 11) is 0. The minimum absolute atomic E-state index is 0.0579. The van der Waals surface area contributed by atoms with Crippen molar-refractivity contribution in [2.45, 2.75) is 13.8 Å². The summed E-state index contributed by atoms with van der Waals surface area (Å²) in [6.07, 6.45) is 1.93. The molecule has 2 heterocycles. The Labute approximate surface area is 141 Å². The summed E-state index contributed by atoms with van der Waals surface area (Å²) in [6.45, 7) is 5.21. The van der Waals surface area contributed by atoms with E-state index in [4.69, 9.17) is 9.47 Å². The molecule has 2 aliphatic heterocycles. The minimum Gasteiger partial charge on any atom is -0.454 e. The number of amides is 1. The van der Waals surface area contributed by atoms with E-state index < -0.39 is 0 Å². The number of benzene rings is 2. The molecular formula is C20H19NO3. The lowest BCUT2D eigenvalue weighted by Crippen LogP contribution is -2.30. The highest BCUT2D eigenvalue weighted by Gasteiger charge is 2.32. The van der Waals surface area contributed by atoms with Gasteiger partial charge in [0.1, 0.15) is 0 Å². The fourth-order valence-electron chi connectivity index (χ4n) is 3.16. The van der Waals surface area contributed by atoms with Gasteiger partial charge in [0.05, 0.1) is 5.69 Å². The van der Waals surface area contributed by atoms with Crippen molar-refractivity contribution in [2.24, 2.45) is 5.92 Å². The second-order valence-electron chi connectivity index (χ2n) is 6.50. The van der Waals surface area contributed by atoms with E-state index in [0.29, 0.717) is 12.5 Å². The molecule has 0 fully saturated rings. The molecule has 2 aromatic carbocycles. The minimum atomic E-state index is 0.0579. The number of anilines is 1. The van der Waals surface area contributed by atoms with Crippen molar-refractivity contribution in [3.8, 4) is 11.5 Å². The van der Waals surface area contributed by atoms with Gasteiger partial charge in [-0.15, -0.1) is 0 Å². The van der Waals surface area contributed by atoms with Crippen molar-refractivity contribution in [2.75, 3.05) is 18.2 Å². The lowest BCUT2D eigenvalue weighted by Gasteiger charge is -2.19. The Balaban J connectivity index is 1.76. The molecule has 24 heavy (non-hydrogen) atoms. The maximum Gasteiger partial charge on any atom is 0.259 e. The van der Waals surface area contributed by atoms with Crippen molar-refractivity contribution in [3.05, 3.63) is 53.6 Å². The molecule has 4 nitrogen and oxygen atoms in total. The Morgan fingerprint density at radius 1 is 1.12 bits per heavy atom. The number of hydrogen-bond donors (Lipinski definition) is 0. The molecule has 1 amide bonds. The van der Waals surface area contributed by atoms with Gasteiger partial charge in [0, 0.05) is 17.7 Å². The predicted octanol–water partition coefficient (Wildman–Crippen LogP) is 3.96. The van der Waals surface area contributed by atoms with E-state index in [1.165, 1.54) is 0 Å². The summed E-state index contributed by atoms with van der Waals surface area (Å²) < 4.78 is 10.8. The van der Waals surface area contributed by atoms with Gasteiger partial charge in [-0.1, -0.05) is 38.1 Å². The Morgan fingerprint density at radius 3 is 2.75 bits per heavy atom. The van der Waals surface area contributed by atoms with Crippen molar-refractivity contribution in [3.63, 3.8) is 0 Å². The SMILES string of the molecule is CC(C)CN1C(=O)/C(=C\c2ccc3c(c2)OCO3)c2ccccc21. The van der Waals surface area contributed by atoms with Crippen molar-refractivity contribution >= 4 is 23.2 Å². The second-order valence-corrected chi connectivity index (χ2v) is 6.50. The number of carbonyl (C=O) groups is 1. The Hall–Kier alpha value is -2.75. The standard InChI is InChI=1S/C20H19NO3/c1-13(2)11-21-17-6-4-3-5-15(17)16(20(21)22)9-14-7-8-18-19(10-14)24-12-23-18/h3-10,13H,11-12H2,1-2H3/b16-9-. The second kappa shape index (κ2) is 5.71. The van der Waals surface area contributed by atoms with E-state index in [0.717, 1.165) is 33.9 Å². The normalized spacial score (nSPS) is 17.0. The van der Waals surface area contributed by atoms with Gasteiger partial charge < -0.3 is 14.4 Å². The van der Waals surface area contributed by atoms with Gasteiger partial charge in [-0.3, -0.25) is 4.79 Å². The molecule has 0 unspecified atom stereocenters. The highest BCUT2D eigenvalue weighted by molar-refractivity contribution is 6.35. The van der Waals surface area contributed by atoms with E-state index in [2.05, 4.69) is 13.8 Å². The van der Waals surface area contributed by atoms with E-state index in [9.17, 15) is 4.79 Å². The molecule has 122 valence electrons. The molecular weight excluding hydrogens is 302 g/mol. The molecule has 4 heteroatoms. The Bertz CT molecular complexity index is 839. The number of hydrogen-bond acceptors (Lipinski definition) is 3. The molecule has 0 spiro atoms. The first kappa shape index (κ1) is 14.8. The molecule has 0 atom stereocenters. The van der Waals surface area contributed by atoms with Crippen LogP contribution in [-0.2, 0) is 4.79 Å². The van der Waals surface area contributed by atoms with Crippen LogP contribution in [0.25, 0.3) is 11.6 Å². The van der Waals surface area contributed by atoms with Crippen LogP contribution >= 0.6 is 0 Å². The van der Waals surface area contributed by atoms with Crippen molar-refractivity contribution in [1.29, 1.82) is 0 Å². The van der Waals surface area contributed by atoms with Crippen LogP contribution in [0.3, 0.4) is 0 Å². The Morgan fingerprint density at radius 2 is 1.92 bits per heavy atom. The van der Waals surface area contributed by atoms with Crippen LogP contribution in [0.1, 0.15) is 25.0 Å². The van der Waals surface area contributed by atoms with E-state index in [1.807, 2.05) is 53.4 Å². The summed E-state index contributed by atoms with van der Waals surface area (Å²) in [5, 5.41) is 0. The first-order chi connectivity index (χ1) is 11.6. The third kappa shape index (κ3) is 2.44. The fraction of sp³-hybridized carbons (Fsp3) is 0.250. The largest absolute Gasteiger partial charge is 0.454 e. The van der Waals surface area contributed by atoms with Crippen LogP contribution in [0.5, 0.6) is 11.5 Å². The predicted molar refractivity (Wildman–Crippen MR) is 94.1 cm³/mol. The monoisotopic (exact) mass is 321 g/mol. The zero-order valence-electron chi connectivity index (χ0n) is 13.8. The molecule has 2 aromatic rings. The quantitative estimate of drug-likeness (QED) is 0.803. The first-order valence-corrected chi connectivity index (χ1v) is 8.16. The van der Waals surface area contributed by atoms with Crippen LogP contribution < -0.4 is 14.4 Å². The summed E-state index contributed by atoms with van der Waals surface area (Å²) in [5.74, 6) is 1.94. The van der Waals surface area contributed by atoms with Gasteiger partial charge in [-0.05, 0) is 35.8 Å². The fourth-order valence-corrected chi connectivity index (χ4v) is 3.16. The molecule has 4 rings (SSSR count). The van der Waals surface area contributed by atoms with Crippen LogP contribution in [-0.4, -0.2) is 19.2 Å². The maximum atomic E-state index is 12.9. The zero-order valence-corrected chi connectivity index (χ0v) is 13.8. The van der Waals surface area contributed by atoms with Gasteiger partial charge in [-0.2, -0.15) is 0 Å². The molecule has 0 aromatic heterocycles. The first-order valence-electron chi connectivity index (χ1n) is 8.16. The van der Waals surface area contributed by atoms with E-state index >= 15 is 0 Å². The number of nitrogens with zero attached hydrogens (tertiary/aromatic N) is 1. The molecule has 0 aliphatic carbocycles. The number of para-hydroxylation sites is 1. The van der Waals surface area contributed by atoms with Crippen LogP contribution in [0, 0.1) is 5.92 Å². The van der Waals surface area contributed by atoms with Gasteiger partial charge in [0.25, 0.3) is 5.91 Å². The molecule has 0 saturated heterocycles. The smallest absolute Gasteiger partial charge is 0.259 e. The topological polar surface area (TPSA) is 38.8 Å². The maximum absolute atomic E-state index is 12.9. The number of carbonyl (C=O) groups excluding carboxylic acids is 1. The Kier molecular flexibility index (Phi) is 3.53. The van der Waals surface area contributed by atoms with Gasteiger partial charge in [0.2, 0.25) is 6.79 Å². The summed E-state index contributed by atoms with van der Waals surface area (Å²) >= 11 is 0. The van der Waals surface area contributed by atoms with Crippen molar-refractivity contribution < 1.29 is 14.3 Å². The summed E-state index contributed by atoms with van der Waals surface area (Å²) in [4.78, 5) is 14.8. The van der Waals surface area contributed by atoms with E-state index in [1.54, 1.807) is 0 Å². The van der Waals surface area contributed by atoms with Gasteiger partial charge in [-0.25, -0.2) is 0 Å². The highest BCUT2D eigenvalue weighted by Crippen LogP contribution is 2.39. The van der Waals surface area contributed by atoms with Crippen LogP contribution in [0.15, 0.2) is 42.5 Å². The molecule has 2 aliphatic rings. The molecule has 0 radical (unpaired) electrons. The number of rotatable bonds is 3. The zero-order chi connectivity index (χ0) is 16.7. The molecule has 0 saturated carbocycles. The number of fused-ring (bicyclic) bond motifs is 2. The van der Waals surface area contributed by atoms with Gasteiger partial charge >= 0.3 is 0 Å². The third-order valence-corrected chi connectivity index (χ3v) is 4.22. The van der Waals surface area contributed by atoms with Crippen LogP contribution in [0.2, 0.25) is 0 Å². The summed E-state index contributed by atoms with van der Waals surface area (Å²) in [6, 6.07) is 13.7. The highest BCUT2D eigenvalue weighted by atomic mass is 16.7. The molecule has 0 N–H and O–H groups in total. The van der Waals surface area contributed by atoms with Gasteiger partial charge in [0.15, 0.2) is 11.5 Å².